The maximum absolute atomic E-state index is 12.3. The minimum Gasteiger partial charge on any atom is -0.462 e. The van der Waals surface area contributed by atoms with E-state index in [1.807, 2.05) is 0 Å². The van der Waals surface area contributed by atoms with Gasteiger partial charge in [0, 0.05) is 26.2 Å². The molecule has 0 saturated carbocycles. The van der Waals surface area contributed by atoms with Crippen LogP contribution in [0.5, 0.6) is 5.75 Å². The molecule has 2 N–H and O–H groups in total. The second-order valence-electron chi connectivity index (χ2n) is 5.77. The number of rotatable bonds is 5. The van der Waals surface area contributed by atoms with E-state index in [0.29, 0.717) is 11.5 Å². The highest BCUT2D eigenvalue weighted by molar-refractivity contribution is 5.85. The largest absolute Gasteiger partial charge is 0.573 e. The number of hydrogen-bond acceptors (Lipinski definition) is 5. The Hall–Kier alpha value is -1.45. The van der Waals surface area contributed by atoms with Crippen molar-refractivity contribution in [1.29, 1.82) is 0 Å². The van der Waals surface area contributed by atoms with Crippen LogP contribution < -0.4 is 10.1 Å². The summed E-state index contributed by atoms with van der Waals surface area (Å²) >= 11 is 0. The first-order valence-electron chi connectivity index (χ1n) is 7.96. The first kappa shape index (κ1) is 23.6. The van der Waals surface area contributed by atoms with E-state index in [-0.39, 0.29) is 43.2 Å². The van der Waals surface area contributed by atoms with Gasteiger partial charge < -0.3 is 19.6 Å². The SMILES string of the molecule is Cl.Cl.OCc1ccc([C@H](c2ccc(OC(F)(F)F)cc2)N2CCNCC2)o1. The molecule has 1 saturated heterocycles. The third-order valence-electron chi connectivity index (χ3n) is 4.05. The number of alkyl halides is 3. The highest BCUT2D eigenvalue weighted by Crippen LogP contribution is 2.32. The van der Waals surface area contributed by atoms with Crippen LogP contribution in [0.1, 0.15) is 23.1 Å². The second kappa shape index (κ2) is 10.2. The summed E-state index contributed by atoms with van der Waals surface area (Å²) in [6, 6.07) is 9.07. The number of hydrogen-bond donors (Lipinski definition) is 2. The molecule has 0 unspecified atom stereocenters. The Balaban J connectivity index is 0.00000182. The number of aliphatic hydroxyl groups is 1. The average molecular weight is 429 g/mol. The zero-order chi connectivity index (χ0) is 17.9. The summed E-state index contributed by atoms with van der Waals surface area (Å²) < 4.78 is 46.6. The van der Waals surface area contributed by atoms with Gasteiger partial charge in [-0.15, -0.1) is 38.0 Å². The van der Waals surface area contributed by atoms with E-state index in [9.17, 15) is 18.3 Å². The molecule has 0 amide bonds. The standard InChI is InChI=1S/C17H19F3N2O3.2ClH/c18-17(19,20)25-13-3-1-12(2-4-13)16(22-9-7-21-8-10-22)15-6-5-14(11-23)24-15;;/h1-6,16,21,23H,7-11H2;2*1H/t16-;;/m0../s1. The zero-order valence-electron chi connectivity index (χ0n) is 14.2. The summed E-state index contributed by atoms with van der Waals surface area (Å²) in [6.45, 7) is 2.99. The Labute approximate surface area is 167 Å². The smallest absolute Gasteiger partial charge is 0.462 e. The zero-order valence-corrected chi connectivity index (χ0v) is 15.9. The van der Waals surface area contributed by atoms with Gasteiger partial charge in [0.2, 0.25) is 0 Å². The fourth-order valence-corrected chi connectivity index (χ4v) is 2.97. The van der Waals surface area contributed by atoms with Crippen molar-refractivity contribution < 1.29 is 27.4 Å². The van der Waals surface area contributed by atoms with Crippen molar-refractivity contribution in [3.05, 3.63) is 53.5 Å². The first-order valence-corrected chi connectivity index (χ1v) is 7.96. The maximum Gasteiger partial charge on any atom is 0.573 e. The highest BCUT2D eigenvalue weighted by Gasteiger charge is 2.31. The first-order chi connectivity index (χ1) is 12.0. The van der Waals surface area contributed by atoms with E-state index in [0.717, 1.165) is 31.7 Å². The normalized spacial score (nSPS) is 16.1. The fourth-order valence-electron chi connectivity index (χ4n) is 2.97. The minimum atomic E-state index is -4.71. The van der Waals surface area contributed by atoms with Gasteiger partial charge in [0.25, 0.3) is 0 Å². The van der Waals surface area contributed by atoms with Crippen molar-refractivity contribution in [3.63, 3.8) is 0 Å². The van der Waals surface area contributed by atoms with E-state index in [4.69, 9.17) is 4.42 Å². The van der Waals surface area contributed by atoms with Gasteiger partial charge in [-0.05, 0) is 29.8 Å². The molecule has 0 spiro atoms. The number of nitrogens with one attached hydrogen (secondary N) is 1. The van der Waals surface area contributed by atoms with Gasteiger partial charge in [0.15, 0.2) is 0 Å². The van der Waals surface area contributed by atoms with Crippen molar-refractivity contribution in [1.82, 2.24) is 10.2 Å². The predicted molar refractivity (Wildman–Crippen MR) is 98.5 cm³/mol. The lowest BCUT2D eigenvalue weighted by Crippen LogP contribution is -2.45. The van der Waals surface area contributed by atoms with Crippen LogP contribution in [-0.2, 0) is 6.61 Å². The molecule has 1 aliphatic rings. The van der Waals surface area contributed by atoms with Gasteiger partial charge in [0.1, 0.15) is 23.9 Å². The number of aliphatic hydroxyl groups excluding tert-OH is 1. The van der Waals surface area contributed by atoms with Crippen LogP contribution in [0, 0.1) is 0 Å². The summed E-state index contributed by atoms with van der Waals surface area (Å²) in [5.41, 5.74) is 0.801. The van der Waals surface area contributed by atoms with Crippen LogP contribution in [0.4, 0.5) is 13.2 Å². The average Bonchev–Trinajstić information content (AvgIpc) is 3.05. The molecule has 2 heterocycles. The molecule has 5 nitrogen and oxygen atoms in total. The lowest BCUT2D eigenvalue weighted by Gasteiger charge is -2.34. The molecule has 3 rings (SSSR count). The van der Waals surface area contributed by atoms with Crippen LogP contribution in [0.3, 0.4) is 0 Å². The molecule has 1 aliphatic heterocycles. The predicted octanol–water partition coefficient (Wildman–Crippen LogP) is 3.51. The summed E-state index contributed by atoms with van der Waals surface area (Å²) in [6.07, 6.45) is -4.71. The van der Waals surface area contributed by atoms with Gasteiger partial charge in [-0.3, -0.25) is 4.90 Å². The van der Waals surface area contributed by atoms with Crippen LogP contribution in [0.2, 0.25) is 0 Å². The number of ether oxygens (including phenoxy) is 1. The van der Waals surface area contributed by atoms with Gasteiger partial charge in [-0.2, -0.15) is 0 Å². The molecule has 0 bridgehead atoms. The maximum atomic E-state index is 12.3. The van der Waals surface area contributed by atoms with Crippen molar-refractivity contribution >= 4 is 24.8 Å². The number of benzene rings is 1. The second-order valence-corrected chi connectivity index (χ2v) is 5.77. The quantitative estimate of drug-likeness (QED) is 0.762. The van der Waals surface area contributed by atoms with E-state index in [2.05, 4.69) is 15.0 Å². The number of furan rings is 1. The van der Waals surface area contributed by atoms with Gasteiger partial charge >= 0.3 is 6.36 Å². The van der Waals surface area contributed by atoms with Crippen molar-refractivity contribution in [2.24, 2.45) is 0 Å². The topological polar surface area (TPSA) is 57.9 Å². The third kappa shape index (κ3) is 6.29. The van der Waals surface area contributed by atoms with Gasteiger partial charge in [-0.25, -0.2) is 0 Å². The molecular weight excluding hydrogens is 408 g/mol. The molecule has 1 fully saturated rings. The molecule has 152 valence electrons. The summed E-state index contributed by atoms with van der Waals surface area (Å²) in [7, 11) is 0. The summed E-state index contributed by atoms with van der Waals surface area (Å²) in [5, 5.41) is 12.5. The van der Waals surface area contributed by atoms with Crippen LogP contribution >= 0.6 is 24.8 Å². The van der Waals surface area contributed by atoms with Crippen molar-refractivity contribution in [3.8, 4) is 5.75 Å². The molecule has 2 aromatic rings. The van der Waals surface area contributed by atoms with Crippen LogP contribution in [0.25, 0.3) is 0 Å². The molecule has 10 heteroatoms. The Morgan fingerprint density at radius 2 is 1.70 bits per heavy atom. The Bertz CT molecular complexity index is 689. The number of nitrogens with zero attached hydrogens (tertiary/aromatic N) is 1. The summed E-state index contributed by atoms with van der Waals surface area (Å²) in [5.74, 6) is 0.841. The Morgan fingerprint density at radius 3 is 2.22 bits per heavy atom. The van der Waals surface area contributed by atoms with E-state index < -0.39 is 6.36 Å². The molecule has 27 heavy (non-hydrogen) atoms. The molecule has 1 atom stereocenters. The van der Waals surface area contributed by atoms with Gasteiger partial charge in [0.05, 0.1) is 6.04 Å². The molecule has 1 aromatic heterocycles. The number of piperazine rings is 1. The molecule has 0 radical (unpaired) electrons. The Kier molecular flexibility index (Phi) is 8.90. The third-order valence-corrected chi connectivity index (χ3v) is 4.05. The lowest BCUT2D eigenvalue weighted by molar-refractivity contribution is -0.274. The monoisotopic (exact) mass is 428 g/mol. The molecule has 0 aliphatic carbocycles. The molecule has 1 aromatic carbocycles. The van der Waals surface area contributed by atoms with E-state index in [1.54, 1.807) is 24.3 Å². The fraction of sp³-hybridized carbons (Fsp3) is 0.412. The lowest BCUT2D eigenvalue weighted by atomic mass is 10.0. The number of halogens is 5. The summed E-state index contributed by atoms with van der Waals surface area (Å²) in [4.78, 5) is 2.19. The van der Waals surface area contributed by atoms with Gasteiger partial charge in [-0.1, -0.05) is 12.1 Å². The minimum absolute atomic E-state index is 0. The van der Waals surface area contributed by atoms with E-state index >= 15 is 0 Å². The highest BCUT2D eigenvalue weighted by atomic mass is 35.5. The molecular formula is C17H21Cl2F3N2O3. The van der Waals surface area contributed by atoms with Crippen LogP contribution in [0.15, 0.2) is 40.8 Å². The Morgan fingerprint density at radius 1 is 1.07 bits per heavy atom. The van der Waals surface area contributed by atoms with Crippen molar-refractivity contribution in [2.45, 2.75) is 19.0 Å². The van der Waals surface area contributed by atoms with E-state index in [1.165, 1.54) is 12.1 Å². The van der Waals surface area contributed by atoms with Crippen molar-refractivity contribution in [2.75, 3.05) is 26.2 Å². The van der Waals surface area contributed by atoms with Crippen LogP contribution in [-0.4, -0.2) is 42.5 Å².